The van der Waals surface area contributed by atoms with Crippen LogP contribution < -0.4 is 5.32 Å². The molecule has 1 heterocycles. The van der Waals surface area contributed by atoms with Gasteiger partial charge >= 0.3 is 0 Å². The summed E-state index contributed by atoms with van der Waals surface area (Å²) in [5, 5.41) is 3.40. The van der Waals surface area contributed by atoms with Gasteiger partial charge in [-0.05, 0) is 43.1 Å². The van der Waals surface area contributed by atoms with Crippen molar-refractivity contribution in [3.8, 4) is 0 Å². The van der Waals surface area contributed by atoms with Gasteiger partial charge in [-0.25, -0.2) is 4.39 Å². The number of halogens is 1. The average Bonchev–Trinajstić information content (AvgIpc) is 3.01. The molecule has 0 spiro atoms. The Morgan fingerprint density at radius 3 is 2.75 bits per heavy atom. The molecule has 1 N–H and O–H groups in total. The molecule has 2 aromatic carbocycles. The number of nitrogens with one attached hydrogen (secondary N) is 1. The van der Waals surface area contributed by atoms with Gasteiger partial charge in [-0.15, -0.1) is 0 Å². The third-order valence-electron chi connectivity index (χ3n) is 3.73. The summed E-state index contributed by atoms with van der Waals surface area (Å²) in [6.07, 6.45) is 2.23. The van der Waals surface area contributed by atoms with Crippen molar-refractivity contribution in [2.75, 3.05) is 6.54 Å². The summed E-state index contributed by atoms with van der Waals surface area (Å²) in [4.78, 5) is 12.4. The summed E-state index contributed by atoms with van der Waals surface area (Å²) >= 11 is 0. The molecular weight excluding hydrogens is 253 g/mol. The number of benzene rings is 2. The zero-order chi connectivity index (χ0) is 13.9. The molecule has 3 heteroatoms. The van der Waals surface area contributed by atoms with Crippen LogP contribution in [0.5, 0.6) is 0 Å². The lowest BCUT2D eigenvalue weighted by atomic mass is 9.97. The molecule has 0 bridgehead atoms. The molecule has 0 unspecified atom stereocenters. The van der Waals surface area contributed by atoms with Gasteiger partial charge in [-0.3, -0.25) is 4.79 Å². The van der Waals surface area contributed by atoms with E-state index in [-0.39, 0.29) is 11.3 Å². The zero-order valence-electron chi connectivity index (χ0n) is 11.1. The van der Waals surface area contributed by atoms with E-state index in [9.17, 15) is 9.18 Å². The van der Waals surface area contributed by atoms with E-state index in [4.69, 9.17) is 0 Å². The minimum absolute atomic E-state index is 0.129. The molecule has 1 fully saturated rings. The van der Waals surface area contributed by atoms with Crippen LogP contribution in [0.25, 0.3) is 0 Å². The molecule has 2 aromatic rings. The standard InChI is InChI=1S/C17H16FNO/c18-15-8-2-1-7-14(15)17(20)13-6-3-5-12(11-13)16-9-4-10-19-16/h1-3,5-8,11,16,19H,4,9-10H2/t16-/m0/s1. The lowest BCUT2D eigenvalue weighted by molar-refractivity contribution is 0.103. The Morgan fingerprint density at radius 2 is 2.00 bits per heavy atom. The summed E-state index contributed by atoms with van der Waals surface area (Å²) in [6.45, 7) is 1.01. The van der Waals surface area contributed by atoms with Crippen LogP contribution in [0.1, 0.15) is 40.4 Å². The fraction of sp³-hybridized carbons (Fsp3) is 0.235. The number of ketones is 1. The summed E-state index contributed by atoms with van der Waals surface area (Å²) in [6, 6.07) is 13.9. The molecule has 1 aliphatic heterocycles. The molecule has 0 radical (unpaired) electrons. The molecule has 20 heavy (non-hydrogen) atoms. The van der Waals surface area contributed by atoms with E-state index < -0.39 is 5.82 Å². The predicted molar refractivity (Wildman–Crippen MR) is 76.3 cm³/mol. The maximum absolute atomic E-state index is 13.7. The van der Waals surface area contributed by atoms with Crippen molar-refractivity contribution >= 4 is 5.78 Å². The molecule has 0 aliphatic carbocycles. The number of rotatable bonds is 3. The van der Waals surface area contributed by atoms with Crippen molar-refractivity contribution in [1.29, 1.82) is 0 Å². The molecule has 0 amide bonds. The van der Waals surface area contributed by atoms with Crippen LogP contribution in [0.2, 0.25) is 0 Å². The third-order valence-corrected chi connectivity index (χ3v) is 3.73. The molecule has 1 saturated heterocycles. The maximum atomic E-state index is 13.7. The topological polar surface area (TPSA) is 29.1 Å². The van der Waals surface area contributed by atoms with Gasteiger partial charge in [0, 0.05) is 11.6 Å². The summed E-state index contributed by atoms with van der Waals surface area (Å²) in [5.41, 5.74) is 1.77. The van der Waals surface area contributed by atoms with Crippen LogP contribution in [-0.4, -0.2) is 12.3 Å². The first kappa shape index (κ1) is 13.0. The van der Waals surface area contributed by atoms with E-state index in [1.807, 2.05) is 18.2 Å². The van der Waals surface area contributed by atoms with E-state index >= 15 is 0 Å². The normalized spacial score (nSPS) is 18.1. The monoisotopic (exact) mass is 269 g/mol. The second-order valence-corrected chi connectivity index (χ2v) is 5.08. The number of hydrogen-bond acceptors (Lipinski definition) is 2. The quantitative estimate of drug-likeness (QED) is 0.864. The molecular formula is C17H16FNO. The van der Waals surface area contributed by atoms with E-state index in [1.54, 1.807) is 18.2 Å². The van der Waals surface area contributed by atoms with Crippen LogP contribution in [0.4, 0.5) is 4.39 Å². The van der Waals surface area contributed by atoms with Crippen LogP contribution >= 0.6 is 0 Å². The maximum Gasteiger partial charge on any atom is 0.195 e. The molecule has 1 atom stereocenters. The van der Waals surface area contributed by atoms with Gasteiger partial charge in [-0.1, -0.05) is 30.3 Å². The number of hydrogen-bond donors (Lipinski definition) is 1. The van der Waals surface area contributed by atoms with Crippen LogP contribution in [0.15, 0.2) is 48.5 Å². The largest absolute Gasteiger partial charge is 0.310 e. The van der Waals surface area contributed by atoms with E-state index in [0.29, 0.717) is 11.6 Å². The summed E-state index contributed by atoms with van der Waals surface area (Å²) in [5.74, 6) is -0.732. The highest BCUT2D eigenvalue weighted by Crippen LogP contribution is 2.24. The number of carbonyl (C=O) groups is 1. The molecule has 0 saturated carbocycles. The average molecular weight is 269 g/mol. The van der Waals surface area contributed by atoms with Crippen molar-refractivity contribution < 1.29 is 9.18 Å². The summed E-state index contributed by atoms with van der Waals surface area (Å²) in [7, 11) is 0. The lowest BCUT2D eigenvalue weighted by Gasteiger charge is -2.12. The van der Waals surface area contributed by atoms with Gasteiger partial charge < -0.3 is 5.32 Å². The first-order valence-electron chi connectivity index (χ1n) is 6.88. The van der Waals surface area contributed by atoms with Crippen molar-refractivity contribution in [1.82, 2.24) is 5.32 Å². The van der Waals surface area contributed by atoms with E-state index in [2.05, 4.69) is 5.32 Å². The van der Waals surface area contributed by atoms with Gasteiger partial charge in [0.25, 0.3) is 0 Å². The Hall–Kier alpha value is -2.00. The first-order chi connectivity index (χ1) is 9.75. The molecule has 102 valence electrons. The van der Waals surface area contributed by atoms with Crippen LogP contribution in [0, 0.1) is 5.82 Å². The highest BCUT2D eigenvalue weighted by Gasteiger charge is 2.18. The SMILES string of the molecule is O=C(c1cccc([C@@H]2CCCN2)c1)c1ccccc1F. The molecule has 1 aliphatic rings. The Bertz CT molecular complexity index is 632. The van der Waals surface area contributed by atoms with Crippen LogP contribution in [0.3, 0.4) is 0 Å². The Labute approximate surface area is 117 Å². The minimum Gasteiger partial charge on any atom is -0.310 e. The highest BCUT2D eigenvalue weighted by atomic mass is 19.1. The highest BCUT2D eigenvalue weighted by molar-refractivity contribution is 6.09. The van der Waals surface area contributed by atoms with Crippen molar-refractivity contribution in [2.24, 2.45) is 0 Å². The van der Waals surface area contributed by atoms with Gasteiger partial charge in [-0.2, -0.15) is 0 Å². The minimum atomic E-state index is -0.470. The fourth-order valence-corrected chi connectivity index (χ4v) is 2.67. The molecule has 2 nitrogen and oxygen atoms in total. The van der Waals surface area contributed by atoms with Gasteiger partial charge in [0.1, 0.15) is 5.82 Å². The summed E-state index contributed by atoms with van der Waals surface area (Å²) < 4.78 is 13.7. The first-order valence-corrected chi connectivity index (χ1v) is 6.88. The Balaban J connectivity index is 1.92. The molecule has 0 aromatic heterocycles. The van der Waals surface area contributed by atoms with Crippen molar-refractivity contribution in [3.63, 3.8) is 0 Å². The van der Waals surface area contributed by atoms with Crippen LogP contribution in [-0.2, 0) is 0 Å². The van der Waals surface area contributed by atoms with Gasteiger partial charge in [0.2, 0.25) is 0 Å². The van der Waals surface area contributed by atoms with Gasteiger partial charge in [0.15, 0.2) is 5.78 Å². The Morgan fingerprint density at radius 1 is 1.15 bits per heavy atom. The van der Waals surface area contributed by atoms with Crippen molar-refractivity contribution in [2.45, 2.75) is 18.9 Å². The number of carbonyl (C=O) groups excluding carboxylic acids is 1. The van der Waals surface area contributed by atoms with Crippen molar-refractivity contribution in [3.05, 3.63) is 71.0 Å². The lowest BCUT2D eigenvalue weighted by Crippen LogP contribution is -2.13. The van der Waals surface area contributed by atoms with E-state index in [0.717, 1.165) is 24.9 Å². The molecule has 3 rings (SSSR count). The zero-order valence-corrected chi connectivity index (χ0v) is 11.1. The smallest absolute Gasteiger partial charge is 0.195 e. The fourth-order valence-electron chi connectivity index (χ4n) is 2.67. The predicted octanol–water partition coefficient (Wildman–Crippen LogP) is 3.48. The second-order valence-electron chi connectivity index (χ2n) is 5.08. The second kappa shape index (κ2) is 5.55. The third kappa shape index (κ3) is 2.49. The van der Waals surface area contributed by atoms with E-state index in [1.165, 1.54) is 12.1 Å². The Kier molecular flexibility index (Phi) is 3.61. The van der Waals surface area contributed by atoms with Gasteiger partial charge in [0.05, 0.1) is 5.56 Å².